The molecule has 8 nitrogen and oxygen atoms in total. The van der Waals surface area contributed by atoms with E-state index in [9.17, 15) is 14.7 Å². The third kappa shape index (κ3) is 5.92. The molecule has 1 aromatic rings. The van der Waals surface area contributed by atoms with Crippen molar-refractivity contribution in [2.24, 2.45) is 0 Å². The molecule has 0 amide bonds. The third-order valence-corrected chi connectivity index (χ3v) is 4.22. The molecular weight excluding hydrogens is 356 g/mol. The average molecular weight is 380 g/mol. The average Bonchev–Trinajstić information content (AvgIpc) is 3.38. The van der Waals surface area contributed by atoms with Crippen LogP contribution in [-0.4, -0.2) is 61.5 Å². The van der Waals surface area contributed by atoms with E-state index >= 15 is 0 Å². The predicted octanol–water partition coefficient (Wildman–Crippen LogP) is 1.79. The first-order valence-corrected chi connectivity index (χ1v) is 8.90. The summed E-state index contributed by atoms with van der Waals surface area (Å²) >= 11 is 0. The molecule has 0 spiro atoms. The van der Waals surface area contributed by atoms with Gasteiger partial charge in [0, 0.05) is 6.42 Å². The van der Waals surface area contributed by atoms with Crippen molar-refractivity contribution in [3.8, 4) is 5.75 Å². The zero-order chi connectivity index (χ0) is 19.4. The highest BCUT2D eigenvalue weighted by molar-refractivity contribution is 5.91. The van der Waals surface area contributed by atoms with Gasteiger partial charge in [-0.05, 0) is 38.0 Å². The van der Waals surface area contributed by atoms with E-state index < -0.39 is 11.8 Å². The summed E-state index contributed by atoms with van der Waals surface area (Å²) in [6.45, 7) is 5.10. The molecule has 1 aromatic carbocycles. The van der Waals surface area contributed by atoms with Crippen LogP contribution in [0.4, 0.5) is 0 Å². The number of carbonyl (C=O) groups excluding carboxylic acids is 1. The monoisotopic (exact) mass is 380 g/mol. The van der Waals surface area contributed by atoms with Crippen molar-refractivity contribution in [2.75, 3.05) is 26.4 Å². The number of aryl methyl sites for hydroxylation is 1. The van der Waals surface area contributed by atoms with Crippen LogP contribution in [0.5, 0.6) is 5.75 Å². The van der Waals surface area contributed by atoms with E-state index in [-0.39, 0.29) is 36.8 Å². The second-order valence-corrected chi connectivity index (χ2v) is 7.04. The van der Waals surface area contributed by atoms with Crippen molar-refractivity contribution in [1.29, 1.82) is 0 Å². The Bertz CT molecular complexity index is 695. The second-order valence-electron chi connectivity index (χ2n) is 7.04. The number of carboxylic acid groups (broad SMARTS) is 1. The highest BCUT2D eigenvalue weighted by Crippen LogP contribution is 2.24. The fraction of sp³-hybridized carbons (Fsp3) is 0.579. The fourth-order valence-corrected chi connectivity index (χ4v) is 2.72. The first-order valence-electron chi connectivity index (χ1n) is 8.90. The molecule has 0 aromatic heterocycles. The lowest BCUT2D eigenvalue weighted by Gasteiger charge is -2.17. The van der Waals surface area contributed by atoms with Crippen LogP contribution in [-0.2, 0) is 30.2 Å². The summed E-state index contributed by atoms with van der Waals surface area (Å²) in [5.41, 5.74) is 0.793. The van der Waals surface area contributed by atoms with Crippen LogP contribution in [0.15, 0.2) is 18.2 Å². The van der Waals surface area contributed by atoms with E-state index in [1.807, 2.05) is 0 Å². The molecule has 27 heavy (non-hydrogen) atoms. The van der Waals surface area contributed by atoms with Crippen molar-refractivity contribution in [3.63, 3.8) is 0 Å². The van der Waals surface area contributed by atoms with Crippen molar-refractivity contribution in [1.82, 2.24) is 0 Å². The summed E-state index contributed by atoms with van der Waals surface area (Å²) in [6.07, 6.45) is 0.292. The lowest BCUT2D eigenvalue weighted by Crippen LogP contribution is -2.25. The molecule has 0 saturated carbocycles. The molecule has 8 heteroatoms. The maximum absolute atomic E-state index is 11.9. The highest BCUT2D eigenvalue weighted by Gasteiger charge is 2.33. The van der Waals surface area contributed by atoms with Gasteiger partial charge in [-0.2, -0.15) is 0 Å². The van der Waals surface area contributed by atoms with Crippen LogP contribution < -0.4 is 4.74 Å². The van der Waals surface area contributed by atoms with E-state index in [1.165, 1.54) is 6.07 Å². The van der Waals surface area contributed by atoms with Gasteiger partial charge in [-0.3, -0.25) is 4.79 Å². The second kappa shape index (κ2) is 8.24. The number of ether oxygens (including phenoxy) is 5. The van der Waals surface area contributed by atoms with Crippen LogP contribution in [0.25, 0.3) is 0 Å². The normalized spacial score (nSPS) is 23.0. The summed E-state index contributed by atoms with van der Waals surface area (Å²) < 4.78 is 26.7. The predicted molar refractivity (Wildman–Crippen MR) is 92.8 cm³/mol. The minimum atomic E-state index is -1.08. The van der Waals surface area contributed by atoms with E-state index in [1.54, 1.807) is 26.0 Å². The lowest BCUT2D eigenvalue weighted by atomic mass is 10.1. The summed E-state index contributed by atoms with van der Waals surface area (Å²) in [7, 11) is 0. The van der Waals surface area contributed by atoms with Crippen LogP contribution >= 0.6 is 0 Å². The number of carbonyl (C=O) groups is 2. The van der Waals surface area contributed by atoms with Gasteiger partial charge in [-0.1, -0.05) is 6.07 Å². The molecule has 1 N–H and O–H groups in total. The van der Waals surface area contributed by atoms with Gasteiger partial charge < -0.3 is 28.8 Å². The van der Waals surface area contributed by atoms with Gasteiger partial charge in [0.15, 0.2) is 5.79 Å². The minimum Gasteiger partial charge on any atom is -0.490 e. The number of aromatic carboxylic acids is 1. The summed E-state index contributed by atoms with van der Waals surface area (Å²) in [4.78, 5) is 23.4. The Balaban J connectivity index is 1.47. The van der Waals surface area contributed by atoms with Gasteiger partial charge in [0.05, 0.1) is 13.2 Å². The van der Waals surface area contributed by atoms with Crippen LogP contribution in [0.1, 0.15) is 36.2 Å². The molecular formula is C19H24O8. The zero-order valence-electron chi connectivity index (χ0n) is 15.4. The fourth-order valence-electron chi connectivity index (χ4n) is 2.72. The van der Waals surface area contributed by atoms with Crippen molar-refractivity contribution in [3.05, 3.63) is 29.3 Å². The first-order chi connectivity index (χ1) is 12.8. The number of hydrogen-bond acceptors (Lipinski definition) is 7. The Morgan fingerprint density at radius 3 is 2.63 bits per heavy atom. The van der Waals surface area contributed by atoms with E-state index in [2.05, 4.69) is 0 Å². The maximum Gasteiger partial charge on any atom is 0.339 e. The Morgan fingerprint density at radius 1 is 1.22 bits per heavy atom. The summed E-state index contributed by atoms with van der Waals surface area (Å²) in [5.74, 6) is -1.80. The molecule has 0 radical (unpaired) electrons. The third-order valence-electron chi connectivity index (χ3n) is 4.22. The van der Waals surface area contributed by atoms with Gasteiger partial charge in [-0.15, -0.1) is 0 Å². The van der Waals surface area contributed by atoms with Gasteiger partial charge in [-0.25, -0.2) is 4.79 Å². The molecule has 2 heterocycles. The van der Waals surface area contributed by atoms with E-state index in [0.717, 1.165) is 5.56 Å². The number of hydrogen-bond donors (Lipinski definition) is 1. The Labute approximate surface area is 157 Å². The minimum absolute atomic E-state index is 0.0425. The van der Waals surface area contributed by atoms with Crippen molar-refractivity contribution >= 4 is 11.9 Å². The molecule has 0 unspecified atom stereocenters. The van der Waals surface area contributed by atoms with Gasteiger partial charge in [0.25, 0.3) is 0 Å². The molecule has 2 aliphatic rings. The van der Waals surface area contributed by atoms with Gasteiger partial charge >= 0.3 is 11.9 Å². The smallest absolute Gasteiger partial charge is 0.339 e. The molecule has 0 aliphatic carbocycles. The molecule has 2 fully saturated rings. The van der Waals surface area contributed by atoms with Crippen LogP contribution in [0, 0.1) is 0 Å². The molecule has 2 atom stereocenters. The SMILES string of the molecule is CC1(C)OC[C@@H](COC(=O)CCc2ccc(OC[C@H]3CO3)c(C(=O)O)c2)O1. The summed E-state index contributed by atoms with van der Waals surface area (Å²) in [6, 6.07) is 4.88. The van der Waals surface area contributed by atoms with Gasteiger partial charge in [0.2, 0.25) is 0 Å². The Morgan fingerprint density at radius 2 is 2.00 bits per heavy atom. The van der Waals surface area contributed by atoms with Crippen molar-refractivity contribution < 1.29 is 38.4 Å². The quantitative estimate of drug-likeness (QED) is 0.511. The van der Waals surface area contributed by atoms with Crippen molar-refractivity contribution in [2.45, 2.75) is 44.7 Å². The topological polar surface area (TPSA) is 104 Å². The standard InChI is InChI=1S/C19H24O8/c1-19(2)26-11-14(27-19)10-25-17(20)6-4-12-3-5-16(15(7-12)18(21)22)24-9-13-8-23-13/h3,5,7,13-14H,4,6,8-11H2,1-2H3,(H,21,22)/t13-,14-/m1/s1. The zero-order valence-corrected chi connectivity index (χ0v) is 15.4. The molecule has 2 saturated heterocycles. The summed E-state index contributed by atoms with van der Waals surface area (Å²) in [5, 5.41) is 9.37. The molecule has 2 aliphatic heterocycles. The first kappa shape index (κ1) is 19.6. The number of epoxide rings is 1. The highest BCUT2D eigenvalue weighted by atomic mass is 16.7. The van der Waals surface area contributed by atoms with Crippen LogP contribution in [0.3, 0.4) is 0 Å². The number of esters is 1. The molecule has 148 valence electrons. The van der Waals surface area contributed by atoms with Gasteiger partial charge in [0.1, 0.15) is 36.7 Å². The van der Waals surface area contributed by atoms with Crippen LogP contribution in [0.2, 0.25) is 0 Å². The maximum atomic E-state index is 11.9. The Hall–Kier alpha value is -2.16. The lowest BCUT2D eigenvalue weighted by molar-refractivity contribution is -0.158. The van der Waals surface area contributed by atoms with E-state index in [0.29, 0.717) is 32.0 Å². The number of carboxylic acids is 1. The number of benzene rings is 1. The Kier molecular flexibility index (Phi) is 5.98. The molecule has 3 rings (SSSR count). The molecule has 0 bridgehead atoms. The number of rotatable bonds is 9. The van der Waals surface area contributed by atoms with E-state index in [4.69, 9.17) is 23.7 Å². The largest absolute Gasteiger partial charge is 0.490 e.